The third-order valence-electron chi connectivity index (χ3n) is 2.69. The van der Waals surface area contributed by atoms with Crippen LogP contribution >= 0.6 is 0 Å². The smallest absolute Gasteiger partial charge is 0.191 e. The van der Waals surface area contributed by atoms with E-state index in [2.05, 4.69) is 29.5 Å². The molecule has 0 radical (unpaired) electrons. The fraction of sp³-hybridized carbons (Fsp3) is 0.533. The van der Waals surface area contributed by atoms with E-state index in [0.29, 0.717) is 24.0 Å². The molecule has 1 atom stereocenters. The van der Waals surface area contributed by atoms with Crippen molar-refractivity contribution in [2.45, 2.75) is 26.9 Å². The highest BCUT2D eigenvalue weighted by atomic mass is 19.1. The van der Waals surface area contributed by atoms with Gasteiger partial charge in [0.1, 0.15) is 5.82 Å². The Balaban J connectivity index is 2.58. The minimum atomic E-state index is -0.904. The molecule has 0 heterocycles. The second kappa shape index (κ2) is 8.53. The number of rotatable bonds is 6. The lowest BCUT2D eigenvalue weighted by molar-refractivity contribution is 0.176. The molecule has 1 aromatic carbocycles. The lowest BCUT2D eigenvalue weighted by Crippen LogP contribution is -2.39. The highest BCUT2D eigenvalue weighted by Crippen LogP contribution is 2.15. The number of nitrogens with one attached hydrogen (secondary N) is 2. The third kappa shape index (κ3) is 5.57. The lowest BCUT2D eigenvalue weighted by atomic mass is 10.1. The number of aliphatic hydroxyl groups is 1. The minimum absolute atomic E-state index is 0.213. The van der Waals surface area contributed by atoms with Gasteiger partial charge in [-0.3, -0.25) is 4.99 Å². The number of halogens is 1. The summed E-state index contributed by atoms with van der Waals surface area (Å²) in [7, 11) is 0. The van der Waals surface area contributed by atoms with Crippen LogP contribution in [0.2, 0.25) is 0 Å². The molecule has 0 spiro atoms. The fourth-order valence-electron chi connectivity index (χ4n) is 1.66. The first kappa shape index (κ1) is 16.4. The Labute approximate surface area is 120 Å². The summed E-state index contributed by atoms with van der Waals surface area (Å²) in [4.78, 5) is 4.39. The van der Waals surface area contributed by atoms with Gasteiger partial charge in [0, 0.05) is 25.2 Å². The van der Waals surface area contributed by atoms with E-state index in [-0.39, 0.29) is 6.54 Å². The highest BCUT2D eigenvalue weighted by molar-refractivity contribution is 5.79. The first-order valence-corrected chi connectivity index (χ1v) is 6.99. The first-order valence-electron chi connectivity index (χ1n) is 6.99. The van der Waals surface area contributed by atoms with Crippen molar-refractivity contribution >= 4 is 5.96 Å². The molecule has 0 saturated carbocycles. The van der Waals surface area contributed by atoms with Crippen molar-refractivity contribution in [1.82, 2.24) is 10.6 Å². The Morgan fingerprint density at radius 1 is 1.30 bits per heavy atom. The Morgan fingerprint density at radius 3 is 2.60 bits per heavy atom. The summed E-state index contributed by atoms with van der Waals surface area (Å²) >= 11 is 0. The molecule has 3 N–H and O–H groups in total. The predicted molar refractivity (Wildman–Crippen MR) is 80.2 cm³/mol. The molecule has 1 aromatic rings. The number of guanidine groups is 1. The molecule has 4 nitrogen and oxygen atoms in total. The van der Waals surface area contributed by atoms with Crippen LogP contribution < -0.4 is 10.6 Å². The van der Waals surface area contributed by atoms with Crippen LogP contribution in [-0.2, 0) is 0 Å². The van der Waals surface area contributed by atoms with Gasteiger partial charge in [0.05, 0.1) is 6.10 Å². The monoisotopic (exact) mass is 281 g/mol. The normalized spacial score (nSPS) is 13.4. The topological polar surface area (TPSA) is 56.7 Å². The molecular weight excluding hydrogens is 257 g/mol. The molecule has 0 bridgehead atoms. The summed E-state index contributed by atoms with van der Waals surface area (Å²) in [5, 5.41) is 16.1. The second-order valence-corrected chi connectivity index (χ2v) is 5.03. The van der Waals surface area contributed by atoms with Gasteiger partial charge in [-0.2, -0.15) is 0 Å². The summed E-state index contributed by atoms with van der Waals surface area (Å²) in [6, 6.07) is 6.24. The van der Waals surface area contributed by atoms with Gasteiger partial charge in [0.2, 0.25) is 0 Å². The maximum absolute atomic E-state index is 13.5. The molecule has 0 aliphatic rings. The quantitative estimate of drug-likeness (QED) is 0.553. The zero-order valence-corrected chi connectivity index (χ0v) is 12.4. The molecule has 5 heteroatoms. The zero-order valence-electron chi connectivity index (χ0n) is 12.4. The standard InChI is InChI=1S/C15H24FN3O/c1-4-17-15(18-9-11(2)3)19-10-14(20)12-7-5-6-8-13(12)16/h5-8,11,14,20H,4,9-10H2,1-3H3,(H2,17,18,19). The van der Waals surface area contributed by atoms with E-state index in [0.717, 1.165) is 6.54 Å². The molecule has 0 aliphatic heterocycles. The van der Waals surface area contributed by atoms with E-state index in [1.165, 1.54) is 6.07 Å². The first-order chi connectivity index (χ1) is 9.54. The largest absolute Gasteiger partial charge is 0.386 e. The van der Waals surface area contributed by atoms with E-state index in [1.807, 2.05) is 6.92 Å². The molecule has 0 fully saturated rings. The number of nitrogens with zero attached hydrogens (tertiary/aromatic N) is 1. The maximum atomic E-state index is 13.5. The number of hydrogen-bond donors (Lipinski definition) is 3. The van der Waals surface area contributed by atoms with Gasteiger partial charge in [0.15, 0.2) is 5.96 Å². The van der Waals surface area contributed by atoms with Gasteiger partial charge in [-0.25, -0.2) is 4.39 Å². The predicted octanol–water partition coefficient (Wildman–Crippen LogP) is 2.07. The van der Waals surface area contributed by atoms with Crippen LogP contribution in [-0.4, -0.2) is 30.7 Å². The molecular formula is C15H24FN3O. The highest BCUT2D eigenvalue weighted by Gasteiger charge is 2.12. The van der Waals surface area contributed by atoms with E-state index >= 15 is 0 Å². The summed E-state index contributed by atoms with van der Waals surface area (Å²) in [5.41, 5.74) is 0.291. The number of hydrogen-bond acceptors (Lipinski definition) is 2. The van der Waals surface area contributed by atoms with Crippen molar-refractivity contribution in [3.05, 3.63) is 35.6 Å². The molecule has 112 valence electrons. The van der Waals surface area contributed by atoms with Crippen LogP contribution in [0.25, 0.3) is 0 Å². The SMILES string of the molecule is CCNC(=NCC(C)C)NCC(O)c1ccccc1F. The summed E-state index contributed by atoms with van der Waals surface area (Å²) < 4.78 is 13.5. The molecule has 0 aromatic heterocycles. The van der Waals surface area contributed by atoms with Crippen LogP contribution in [0.4, 0.5) is 4.39 Å². The molecule has 0 saturated heterocycles. The summed E-state index contributed by atoms with van der Waals surface area (Å²) in [5.74, 6) is 0.699. The molecule has 1 rings (SSSR count). The van der Waals surface area contributed by atoms with Crippen molar-refractivity contribution in [3.8, 4) is 0 Å². The van der Waals surface area contributed by atoms with E-state index < -0.39 is 11.9 Å². The van der Waals surface area contributed by atoms with Crippen molar-refractivity contribution in [3.63, 3.8) is 0 Å². The number of aliphatic imine (C=N–C) groups is 1. The van der Waals surface area contributed by atoms with Crippen LogP contribution in [0, 0.1) is 11.7 Å². The zero-order chi connectivity index (χ0) is 15.0. The van der Waals surface area contributed by atoms with Crippen LogP contribution in [0.15, 0.2) is 29.3 Å². The van der Waals surface area contributed by atoms with Gasteiger partial charge >= 0.3 is 0 Å². The minimum Gasteiger partial charge on any atom is -0.386 e. The van der Waals surface area contributed by atoms with Crippen molar-refractivity contribution in [2.24, 2.45) is 10.9 Å². The van der Waals surface area contributed by atoms with E-state index in [4.69, 9.17) is 0 Å². The van der Waals surface area contributed by atoms with Gasteiger partial charge < -0.3 is 15.7 Å². The van der Waals surface area contributed by atoms with E-state index in [1.54, 1.807) is 18.2 Å². The number of benzene rings is 1. The van der Waals surface area contributed by atoms with Crippen molar-refractivity contribution in [1.29, 1.82) is 0 Å². The van der Waals surface area contributed by atoms with Gasteiger partial charge in [-0.1, -0.05) is 32.0 Å². The van der Waals surface area contributed by atoms with Crippen molar-refractivity contribution in [2.75, 3.05) is 19.6 Å². The Bertz CT molecular complexity index is 435. The second-order valence-electron chi connectivity index (χ2n) is 5.03. The van der Waals surface area contributed by atoms with Crippen LogP contribution in [0.3, 0.4) is 0 Å². The van der Waals surface area contributed by atoms with Gasteiger partial charge in [0.25, 0.3) is 0 Å². The van der Waals surface area contributed by atoms with Crippen LogP contribution in [0.1, 0.15) is 32.4 Å². The Kier molecular flexibility index (Phi) is 7.01. The number of aliphatic hydroxyl groups excluding tert-OH is 1. The Hall–Kier alpha value is -1.62. The lowest BCUT2D eigenvalue weighted by Gasteiger charge is -2.16. The molecule has 0 amide bonds. The third-order valence-corrected chi connectivity index (χ3v) is 2.69. The van der Waals surface area contributed by atoms with Gasteiger partial charge in [-0.05, 0) is 18.9 Å². The average molecular weight is 281 g/mol. The molecule has 20 heavy (non-hydrogen) atoms. The maximum Gasteiger partial charge on any atom is 0.191 e. The molecule has 0 aliphatic carbocycles. The van der Waals surface area contributed by atoms with Crippen molar-refractivity contribution < 1.29 is 9.50 Å². The summed E-state index contributed by atoms with van der Waals surface area (Å²) in [6.07, 6.45) is -0.904. The van der Waals surface area contributed by atoms with E-state index in [9.17, 15) is 9.50 Å². The van der Waals surface area contributed by atoms with Crippen LogP contribution in [0.5, 0.6) is 0 Å². The summed E-state index contributed by atoms with van der Waals surface area (Å²) in [6.45, 7) is 7.79. The Morgan fingerprint density at radius 2 is 2.00 bits per heavy atom. The average Bonchev–Trinajstić information content (AvgIpc) is 2.42. The van der Waals surface area contributed by atoms with Gasteiger partial charge in [-0.15, -0.1) is 0 Å². The fourth-order valence-corrected chi connectivity index (χ4v) is 1.66. The molecule has 1 unspecified atom stereocenters.